The molecule has 0 aliphatic heterocycles. The maximum absolute atomic E-state index is 9.17. The molecule has 1 unspecified atom stereocenters. The Balaban J connectivity index is 1.78. The van der Waals surface area contributed by atoms with Gasteiger partial charge in [-0.25, -0.2) is 0 Å². The molecular formula is C14H17NO2. The van der Waals surface area contributed by atoms with Gasteiger partial charge in [0.2, 0.25) is 0 Å². The lowest BCUT2D eigenvalue weighted by atomic mass is 10.1. The lowest BCUT2D eigenvalue weighted by molar-refractivity contribution is 0.475. The van der Waals surface area contributed by atoms with Crippen molar-refractivity contribution in [2.45, 2.75) is 19.4 Å². The molecule has 0 saturated carbocycles. The van der Waals surface area contributed by atoms with Crippen molar-refractivity contribution in [1.82, 2.24) is 5.32 Å². The van der Waals surface area contributed by atoms with Gasteiger partial charge in [-0.15, -0.1) is 0 Å². The topological polar surface area (TPSA) is 45.4 Å². The molecule has 0 aliphatic rings. The zero-order valence-corrected chi connectivity index (χ0v) is 9.89. The van der Waals surface area contributed by atoms with E-state index in [0.29, 0.717) is 11.8 Å². The smallest absolute Gasteiger partial charge is 0.115 e. The molecule has 3 heteroatoms. The van der Waals surface area contributed by atoms with E-state index in [1.807, 2.05) is 18.2 Å². The van der Waals surface area contributed by atoms with Crippen molar-refractivity contribution in [1.29, 1.82) is 0 Å². The maximum atomic E-state index is 9.17. The van der Waals surface area contributed by atoms with E-state index in [2.05, 4.69) is 12.2 Å². The fraction of sp³-hybridized carbons (Fsp3) is 0.286. The van der Waals surface area contributed by atoms with Crippen LogP contribution in [0.25, 0.3) is 0 Å². The molecule has 2 N–H and O–H groups in total. The van der Waals surface area contributed by atoms with Crippen LogP contribution >= 0.6 is 0 Å². The number of hydrogen-bond acceptors (Lipinski definition) is 3. The fourth-order valence-electron chi connectivity index (χ4n) is 1.73. The molecule has 0 spiro atoms. The summed E-state index contributed by atoms with van der Waals surface area (Å²) in [7, 11) is 0. The van der Waals surface area contributed by atoms with E-state index in [4.69, 9.17) is 9.52 Å². The molecule has 3 nitrogen and oxygen atoms in total. The number of furan rings is 1. The van der Waals surface area contributed by atoms with Crippen LogP contribution in [0.5, 0.6) is 5.75 Å². The van der Waals surface area contributed by atoms with Crippen molar-refractivity contribution in [3.63, 3.8) is 0 Å². The molecular weight excluding hydrogens is 214 g/mol. The molecule has 0 amide bonds. The van der Waals surface area contributed by atoms with E-state index in [1.54, 1.807) is 24.7 Å². The minimum absolute atomic E-state index is 0.297. The average molecular weight is 231 g/mol. The molecule has 90 valence electrons. The molecule has 17 heavy (non-hydrogen) atoms. The molecule has 1 atom stereocenters. The fourth-order valence-corrected chi connectivity index (χ4v) is 1.73. The Morgan fingerprint density at radius 1 is 1.24 bits per heavy atom. The van der Waals surface area contributed by atoms with Crippen molar-refractivity contribution in [3.05, 3.63) is 54.0 Å². The van der Waals surface area contributed by atoms with Crippen LogP contribution in [-0.4, -0.2) is 11.7 Å². The van der Waals surface area contributed by atoms with Crippen molar-refractivity contribution >= 4 is 0 Å². The zero-order chi connectivity index (χ0) is 12.1. The second-order valence-electron chi connectivity index (χ2n) is 4.15. The van der Waals surface area contributed by atoms with Crippen LogP contribution < -0.4 is 5.32 Å². The van der Waals surface area contributed by atoms with Crippen molar-refractivity contribution in [3.8, 4) is 5.75 Å². The van der Waals surface area contributed by atoms with Gasteiger partial charge in [0.05, 0.1) is 12.5 Å². The molecule has 2 rings (SSSR count). The predicted molar refractivity (Wildman–Crippen MR) is 66.9 cm³/mol. The van der Waals surface area contributed by atoms with Gasteiger partial charge in [0.15, 0.2) is 0 Å². The van der Waals surface area contributed by atoms with E-state index in [9.17, 15) is 0 Å². The first-order chi connectivity index (χ1) is 8.25. The van der Waals surface area contributed by atoms with Crippen LogP contribution in [0.4, 0.5) is 0 Å². The maximum Gasteiger partial charge on any atom is 0.115 e. The first-order valence-electron chi connectivity index (χ1n) is 5.79. The summed E-state index contributed by atoms with van der Waals surface area (Å²) in [5.41, 5.74) is 2.38. The Kier molecular flexibility index (Phi) is 3.83. The summed E-state index contributed by atoms with van der Waals surface area (Å²) >= 11 is 0. The van der Waals surface area contributed by atoms with Crippen molar-refractivity contribution in [2.24, 2.45) is 0 Å². The van der Waals surface area contributed by atoms with E-state index in [-0.39, 0.29) is 0 Å². The molecule has 1 heterocycles. The minimum atomic E-state index is 0.297. The van der Waals surface area contributed by atoms with Gasteiger partial charge < -0.3 is 14.8 Å². The second-order valence-corrected chi connectivity index (χ2v) is 4.15. The third-order valence-corrected chi connectivity index (χ3v) is 2.84. The molecule has 0 radical (unpaired) electrons. The summed E-state index contributed by atoms with van der Waals surface area (Å²) in [5, 5.41) is 12.6. The summed E-state index contributed by atoms with van der Waals surface area (Å²) in [5.74, 6) is 0.313. The summed E-state index contributed by atoms with van der Waals surface area (Å²) in [6.45, 7) is 3.01. The van der Waals surface area contributed by atoms with Crippen molar-refractivity contribution in [2.75, 3.05) is 6.54 Å². The molecule has 0 saturated heterocycles. The number of hydrogen-bond donors (Lipinski definition) is 2. The predicted octanol–water partition coefficient (Wildman–Crippen LogP) is 2.88. The third-order valence-electron chi connectivity index (χ3n) is 2.84. The largest absolute Gasteiger partial charge is 0.508 e. The molecule has 0 bridgehead atoms. The highest BCUT2D eigenvalue weighted by molar-refractivity contribution is 5.26. The Labute approximate surface area is 101 Å². The van der Waals surface area contributed by atoms with Gasteiger partial charge in [-0.1, -0.05) is 12.1 Å². The summed E-state index contributed by atoms with van der Waals surface area (Å²) in [4.78, 5) is 0. The Hall–Kier alpha value is -1.74. The van der Waals surface area contributed by atoms with E-state index >= 15 is 0 Å². The van der Waals surface area contributed by atoms with Gasteiger partial charge in [-0.2, -0.15) is 0 Å². The van der Waals surface area contributed by atoms with Crippen LogP contribution in [0, 0.1) is 0 Å². The van der Waals surface area contributed by atoms with Crippen LogP contribution in [0.15, 0.2) is 47.3 Å². The van der Waals surface area contributed by atoms with Gasteiger partial charge >= 0.3 is 0 Å². The highest BCUT2D eigenvalue weighted by atomic mass is 16.3. The van der Waals surface area contributed by atoms with Gasteiger partial charge in [0.25, 0.3) is 0 Å². The SMILES string of the molecule is CC(NCCc1ccc(O)cc1)c1ccoc1. The third kappa shape index (κ3) is 3.36. The van der Waals surface area contributed by atoms with E-state index < -0.39 is 0 Å². The average Bonchev–Trinajstić information content (AvgIpc) is 2.85. The summed E-state index contributed by atoms with van der Waals surface area (Å²) in [6, 6.07) is 9.59. The number of phenolic OH excluding ortho intramolecular Hbond substituents is 1. The van der Waals surface area contributed by atoms with Crippen molar-refractivity contribution < 1.29 is 9.52 Å². The monoisotopic (exact) mass is 231 g/mol. The number of rotatable bonds is 5. The summed E-state index contributed by atoms with van der Waals surface area (Å²) in [6.07, 6.45) is 4.40. The second kappa shape index (κ2) is 5.55. The first-order valence-corrected chi connectivity index (χ1v) is 5.79. The Morgan fingerprint density at radius 2 is 2.00 bits per heavy atom. The molecule has 0 fully saturated rings. The minimum Gasteiger partial charge on any atom is -0.508 e. The van der Waals surface area contributed by atoms with Gasteiger partial charge in [-0.05, 0) is 43.7 Å². The Morgan fingerprint density at radius 3 is 2.65 bits per heavy atom. The van der Waals surface area contributed by atoms with Crippen LogP contribution in [0.1, 0.15) is 24.1 Å². The summed E-state index contributed by atoms with van der Waals surface area (Å²) < 4.78 is 5.05. The highest BCUT2D eigenvalue weighted by Gasteiger charge is 2.05. The standard InChI is InChI=1S/C14H17NO2/c1-11(13-7-9-17-10-13)15-8-6-12-2-4-14(16)5-3-12/h2-5,7,9-11,15-16H,6,8H2,1H3. The zero-order valence-electron chi connectivity index (χ0n) is 9.89. The molecule has 0 aliphatic carbocycles. The highest BCUT2D eigenvalue weighted by Crippen LogP contribution is 2.13. The van der Waals surface area contributed by atoms with Gasteiger partial charge in [0.1, 0.15) is 5.75 Å². The number of phenols is 1. The first kappa shape index (κ1) is 11.7. The van der Waals surface area contributed by atoms with Crippen LogP contribution in [-0.2, 0) is 6.42 Å². The lowest BCUT2D eigenvalue weighted by Gasteiger charge is -2.11. The molecule has 2 aromatic rings. The molecule has 1 aromatic heterocycles. The van der Waals surface area contributed by atoms with E-state index in [0.717, 1.165) is 18.5 Å². The number of nitrogens with one attached hydrogen (secondary N) is 1. The lowest BCUT2D eigenvalue weighted by Crippen LogP contribution is -2.20. The number of aromatic hydroxyl groups is 1. The van der Waals surface area contributed by atoms with Gasteiger partial charge in [-0.3, -0.25) is 0 Å². The van der Waals surface area contributed by atoms with Crippen LogP contribution in [0.3, 0.4) is 0 Å². The van der Waals surface area contributed by atoms with Crippen LogP contribution in [0.2, 0.25) is 0 Å². The number of benzene rings is 1. The van der Waals surface area contributed by atoms with E-state index in [1.165, 1.54) is 5.56 Å². The quantitative estimate of drug-likeness (QED) is 0.831. The Bertz CT molecular complexity index is 434. The normalized spacial score (nSPS) is 12.5. The molecule has 1 aromatic carbocycles. The van der Waals surface area contributed by atoms with Gasteiger partial charge in [0, 0.05) is 11.6 Å².